The first kappa shape index (κ1) is 9.89. The van der Waals surface area contributed by atoms with Crippen LogP contribution in [0, 0.1) is 0 Å². The van der Waals surface area contributed by atoms with Gasteiger partial charge in [-0.25, -0.2) is 0 Å². The molecule has 0 fully saturated rings. The topological polar surface area (TPSA) is 9.23 Å². The van der Waals surface area contributed by atoms with Crippen LogP contribution in [0.1, 0.15) is 39.5 Å². The molecule has 0 rings (SSSR count). The van der Waals surface area contributed by atoms with E-state index in [1.165, 1.54) is 19.3 Å². The van der Waals surface area contributed by atoms with Crippen LogP contribution in [0.25, 0.3) is 0 Å². The van der Waals surface area contributed by atoms with Crippen molar-refractivity contribution >= 4 is 17.3 Å². The monoisotopic (exact) mass is 160 g/mol. The first-order chi connectivity index (χ1) is 4.77. The highest BCUT2D eigenvalue weighted by molar-refractivity contribution is 7.80. The molecule has 0 aromatic heterocycles. The third-order valence-corrected chi connectivity index (χ3v) is 1.42. The van der Waals surface area contributed by atoms with Crippen molar-refractivity contribution in [2.45, 2.75) is 39.5 Å². The maximum absolute atomic E-state index is 5.12. The first-order valence-corrected chi connectivity index (χ1v) is 4.31. The van der Waals surface area contributed by atoms with Gasteiger partial charge in [-0.2, -0.15) is 0 Å². The molecule has 0 saturated carbocycles. The second-order valence-electron chi connectivity index (χ2n) is 2.40. The van der Waals surface area contributed by atoms with Gasteiger partial charge in [-0.1, -0.05) is 26.2 Å². The Balaban J connectivity index is 2.84. The summed E-state index contributed by atoms with van der Waals surface area (Å²) in [5.41, 5.74) is 0. The fraction of sp³-hybridized carbons (Fsp3) is 0.875. The molecular formula is C8H16OS. The Hall–Kier alpha value is -0.110. The first-order valence-electron chi connectivity index (χ1n) is 3.90. The lowest BCUT2D eigenvalue weighted by molar-refractivity contribution is 0.298. The number of hydrogen-bond acceptors (Lipinski definition) is 2. The van der Waals surface area contributed by atoms with Crippen molar-refractivity contribution in [3.8, 4) is 0 Å². The Kier molecular flexibility index (Phi) is 6.93. The second kappa shape index (κ2) is 7.00. The van der Waals surface area contributed by atoms with Gasteiger partial charge < -0.3 is 4.74 Å². The summed E-state index contributed by atoms with van der Waals surface area (Å²) in [6, 6.07) is 0. The molecule has 0 N–H and O–H groups in total. The fourth-order valence-electron chi connectivity index (χ4n) is 0.745. The fourth-order valence-corrected chi connectivity index (χ4v) is 0.828. The van der Waals surface area contributed by atoms with E-state index in [9.17, 15) is 0 Å². The summed E-state index contributed by atoms with van der Waals surface area (Å²) in [4.78, 5) is 0. The van der Waals surface area contributed by atoms with Crippen molar-refractivity contribution in [2.24, 2.45) is 0 Å². The summed E-state index contributed by atoms with van der Waals surface area (Å²) in [6.07, 6.45) is 4.98. The summed E-state index contributed by atoms with van der Waals surface area (Å²) in [7, 11) is 0. The van der Waals surface area contributed by atoms with E-state index in [2.05, 4.69) is 6.92 Å². The average Bonchev–Trinajstić information content (AvgIpc) is 1.87. The molecular weight excluding hydrogens is 144 g/mol. The van der Waals surface area contributed by atoms with Gasteiger partial charge in [0.05, 0.1) is 6.61 Å². The molecule has 1 nitrogen and oxygen atoms in total. The maximum Gasteiger partial charge on any atom is 0.156 e. The van der Waals surface area contributed by atoms with Crippen molar-refractivity contribution < 1.29 is 4.74 Å². The van der Waals surface area contributed by atoms with E-state index in [0.29, 0.717) is 5.05 Å². The highest BCUT2D eigenvalue weighted by Gasteiger charge is 1.88. The molecule has 0 atom stereocenters. The lowest BCUT2D eigenvalue weighted by Crippen LogP contribution is -1.97. The molecule has 0 aromatic rings. The SMILES string of the molecule is CCCCCCOC(C)=S. The summed E-state index contributed by atoms with van der Waals surface area (Å²) in [5.74, 6) is 0. The Bertz CT molecular complexity index is 91.3. The molecule has 10 heavy (non-hydrogen) atoms. The molecule has 2 heteroatoms. The van der Waals surface area contributed by atoms with Crippen LogP contribution in [-0.4, -0.2) is 11.7 Å². The normalized spacial score (nSPS) is 9.40. The van der Waals surface area contributed by atoms with Crippen molar-refractivity contribution in [3.63, 3.8) is 0 Å². The van der Waals surface area contributed by atoms with Crippen LogP contribution in [0.5, 0.6) is 0 Å². The molecule has 0 aromatic carbocycles. The van der Waals surface area contributed by atoms with Crippen LogP contribution in [0.3, 0.4) is 0 Å². The van der Waals surface area contributed by atoms with Crippen LogP contribution < -0.4 is 0 Å². The summed E-state index contributed by atoms with van der Waals surface area (Å²) >= 11 is 4.75. The smallest absolute Gasteiger partial charge is 0.156 e. The quantitative estimate of drug-likeness (QED) is 0.452. The molecule has 0 radical (unpaired) electrons. The van der Waals surface area contributed by atoms with Gasteiger partial charge in [0.15, 0.2) is 5.05 Å². The van der Waals surface area contributed by atoms with Crippen LogP contribution >= 0.6 is 12.2 Å². The van der Waals surface area contributed by atoms with E-state index in [-0.39, 0.29) is 0 Å². The van der Waals surface area contributed by atoms with Gasteiger partial charge in [-0.3, -0.25) is 0 Å². The lowest BCUT2D eigenvalue weighted by atomic mass is 10.2. The molecule has 0 aliphatic heterocycles. The number of thiocarbonyl (C=S) groups is 1. The Morgan fingerprint density at radius 2 is 2.00 bits per heavy atom. The van der Waals surface area contributed by atoms with E-state index in [4.69, 9.17) is 17.0 Å². The largest absolute Gasteiger partial charge is 0.487 e. The Morgan fingerprint density at radius 3 is 2.50 bits per heavy atom. The van der Waals surface area contributed by atoms with E-state index >= 15 is 0 Å². The van der Waals surface area contributed by atoms with Gasteiger partial charge >= 0.3 is 0 Å². The molecule has 0 bridgehead atoms. The van der Waals surface area contributed by atoms with Gasteiger partial charge in [-0.05, 0) is 18.6 Å². The van der Waals surface area contributed by atoms with Crippen molar-refractivity contribution in [1.29, 1.82) is 0 Å². The molecule has 60 valence electrons. The van der Waals surface area contributed by atoms with Gasteiger partial charge in [-0.15, -0.1) is 0 Å². The van der Waals surface area contributed by atoms with E-state index in [1.54, 1.807) is 0 Å². The van der Waals surface area contributed by atoms with Crippen LogP contribution in [0.4, 0.5) is 0 Å². The molecule has 0 aliphatic rings. The van der Waals surface area contributed by atoms with Crippen LogP contribution in [0.2, 0.25) is 0 Å². The average molecular weight is 160 g/mol. The van der Waals surface area contributed by atoms with Gasteiger partial charge in [0.2, 0.25) is 0 Å². The van der Waals surface area contributed by atoms with E-state index in [0.717, 1.165) is 13.0 Å². The van der Waals surface area contributed by atoms with Crippen LogP contribution in [0.15, 0.2) is 0 Å². The van der Waals surface area contributed by atoms with E-state index in [1.807, 2.05) is 6.92 Å². The molecule has 0 spiro atoms. The summed E-state index contributed by atoms with van der Waals surface area (Å²) in [6.45, 7) is 4.82. The zero-order valence-corrected chi connectivity index (χ0v) is 7.67. The number of ether oxygens (including phenoxy) is 1. The number of unbranched alkanes of at least 4 members (excludes halogenated alkanes) is 3. The molecule has 0 heterocycles. The number of hydrogen-bond donors (Lipinski definition) is 0. The summed E-state index contributed by atoms with van der Waals surface area (Å²) < 4.78 is 5.12. The van der Waals surface area contributed by atoms with Gasteiger partial charge in [0.25, 0.3) is 0 Å². The van der Waals surface area contributed by atoms with Gasteiger partial charge in [0, 0.05) is 6.92 Å². The molecule has 0 saturated heterocycles. The van der Waals surface area contributed by atoms with Gasteiger partial charge in [0.1, 0.15) is 0 Å². The molecule has 0 amide bonds. The predicted molar refractivity (Wildman–Crippen MR) is 48.4 cm³/mol. The van der Waals surface area contributed by atoms with Crippen molar-refractivity contribution in [1.82, 2.24) is 0 Å². The minimum absolute atomic E-state index is 0.663. The predicted octanol–water partition coefficient (Wildman–Crippen LogP) is 2.93. The molecule has 0 aliphatic carbocycles. The third kappa shape index (κ3) is 7.89. The Morgan fingerprint density at radius 1 is 1.30 bits per heavy atom. The second-order valence-corrected chi connectivity index (χ2v) is 2.98. The zero-order chi connectivity index (χ0) is 7.82. The van der Waals surface area contributed by atoms with Crippen molar-refractivity contribution in [2.75, 3.05) is 6.61 Å². The highest BCUT2D eigenvalue weighted by atomic mass is 32.1. The Labute approximate surface area is 68.8 Å². The van der Waals surface area contributed by atoms with E-state index < -0.39 is 0 Å². The van der Waals surface area contributed by atoms with Crippen LogP contribution in [-0.2, 0) is 4.74 Å². The highest BCUT2D eigenvalue weighted by Crippen LogP contribution is 1.98. The standard InChI is InChI=1S/C8H16OS/c1-3-4-5-6-7-9-8(2)10/h3-7H2,1-2H3. The summed E-state index contributed by atoms with van der Waals surface area (Å²) in [5, 5.41) is 0.663. The molecule has 0 unspecified atom stereocenters. The minimum atomic E-state index is 0.663. The third-order valence-electron chi connectivity index (χ3n) is 1.30. The maximum atomic E-state index is 5.12. The van der Waals surface area contributed by atoms with Crippen molar-refractivity contribution in [3.05, 3.63) is 0 Å². The lowest BCUT2D eigenvalue weighted by Gasteiger charge is -2.01. The zero-order valence-electron chi connectivity index (χ0n) is 6.85. The minimum Gasteiger partial charge on any atom is -0.487 e. The number of rotatable bonds is 5.